The topological polar surface area (TPSA) is 84.2 Å². The van der Waals surface area contributed by atoms with Crippen molar-refractivity contribution in [2.75, 3.05) is 0 Å². The van der Waals surface area contributed by atoms with Gasteiger partial charge >= 0.3 is 5.97 Å². The third-order valence-corrected chi connectivity index (χ3v) is 3.04. The van der Waals surface area contributed by atoms with Gasteiger partial charge in [0.05, 0.1) is 17.4 Å². The molecule has 2 N–H and O–H groups in total. The van der Waals surface area contributed by atoms with E-state index in [1.54, 1.807) is 17.8 Å². The number of aromatic nitrogens is 2. The van der Waals surface area contributed by atoms with E-state index in [4.69, 9.17) is 5.11 Å². The molecular formula is C14H17N3O3. The molecule has 0 saturated carbocycles. The van der Waals surface area contributed by atoms with Crippen molar-refractivity contribution in [2.45, 2.75) is 32.4 Å². The highest BCUT2D eigenvalue weighted by atomic mass is 16.4. The number of carboxylic acids is 1. The number of benzene rings is 1. The van der Waals surface area contributed by atoms with Gasteiger partial charge in [-0.25, -0.2) is 4.98 Å². The molecule has 6 nitrogen and oxygen atoms in total. The van der Waals surface area contributed by atoms with Gasteiger partial charge in [-0.3, -0.25) is 9.59 Å². The van der Waals surface area contributed by atoms with Gasteiger partial charge < -0.3 is 15.0 Å². The number of carbonyl (C=O) groups excluding carboxylic acids is 1. The first-order valence-electron chi connectivity index (χ1n) is 6.47. The number of rotatable bonds is 6. The van der Waals surface area contributed by atoms with E-state index in [1.807, 2.05) is 24.3 Å². The molecule has 1 amide bonds. The van der Waals surface area contributed by atoms with Crippen LogP contribution in [-0.4, -0.2) is 32.6 Å². The lowest BCUT2D eigenvalue weighted by Gasteiger charge is -2.13. The Kier molecular flexibility index (Phi) is 4.34. The second-order valence-corrected chi connectivity index (χ2v) is 4.76. The lowest BCUT2D eigenvalue weighted by atomic mass is 10.2. The van der Waals surface area contributed by atoms with E-state index in [1.165, 1.54) is 0 Å². The molecule has 20 heavy (non-hydrogen) atoms. The van der Waals surface area contributed by atoms with Gasteiger partial charge in [-0.1, -0.05) is 12.1 Å². The molecule has 0 aliphatic carbocycles. The van der Waals surface area contributed by atoms with Crippen LogP contribution >= 0.6 is 0 Å². The fourth-order valence-electron chi connectivity index (χ4n) is 2.02. The van der Waals surface area contributed by atoms with Gasteiger partial charge in [-0.15, -0.1) is 0 Å². The standard InChI is InChI=1S/C14H17N3O3/c1-10(6-7-14(19)20)16-13(18)8-17-9-15-11-4-2-3-5-12(11)17/h2-5,9-10H,6-8H2,1H3,(H,16,18)(H,19,20). The number of fused-ring (bicyclic) bond motifs is 1. The van der Waals surface area contributed by atoms with Crippen molar-refractivity contribution in [1.82, 2.24) is 14.9 Å². The number of hydrogen-bond acceptors (Lipinski definition) is 3. The van der Waals surface area contributed by atoms with E-state index in [9.17, 15) is 9.59 Å². The first-order valence-corrected chi connectivity index (χ1v) is 6.47. The molecule has 0 bridgehead atoms. The zero-order valence-electron chi connectivity index (χ0n) is 11.2. The van der Waals surface area contributed by atoms with Gasteiger partial charge in [0.25, 0.3) is 0 Å². The van der Waals surface area contributed by atoms with Crippen LogP contribution in [-0.2, 0) is 16.1 Å². The summed E-state index contributed by atoms with van der Waals surface area (Å²) in [5.41, 5.74) is 1.75. The Morgan fingerprint density at radius 2 is 2.15 bits per heavy atom. The monoisotopic (exact) mass is 275 g/mol. The number of nitrogens with one attached hydrogen (secondary N) is 1. The molecule has 0 fully saturated rings. The van der Waals surface area contributed by atoms with Gasteiger partial charge in [-0.05, 0) is 25.5 Å². The molecular weight excluding hydrogens is 258 g/mol. The molecule has 106 valence electrons. The number of nitrogens with zero attached hydrogens (tertiary/aromatic N) is 2. The van der Waals surface area contributed by atoms with Crippen molar-refractivity contribution >= 4 is 22.9 Å². The van der Waals surface area contributed by atoms with Crippen LogP contribution in [0.3, 0.4) is 0 Å². The van der Waals surface area contributed by atoms with E-state index in [0.29, 0.717) is 6.42 Å². The zero-order chi connectivity index (χ0) is 14.5. The van der Waals surface area contributed by atoms with Crippen LogP contribution in [0, 0.1) is 0 Å². The highest BCUT2D eigenvalue weighted by Crippen LogP contribution is 2.11. The predicted molar refractivity (Wildman–Crippen MR) is 74.2 cm³/mol. The van der Waals surface area contributed by atoms with Crippen LogP contribution in [0.2, 0.25) is 0 Å². The third kappa shape index (κ3) is 3.57. The second kappa shape index (κ2) is 6.18. The van der Waals surface area contributed by atoms with Crippen LogP contribution in [0.15, 0.2) is 30.6 Å². The SMILES string of the molecule is CC(CCC(=O)O)NC(=O)Cn1cnc2ccccc21. The van der Waals surface area contributed by atoms with Gasteiger partial charge in [0.2, 0.25) is 5.91 Å². The van der Waals surface area contributed by atoms with Gasteiger partial charge in [-0.2, -0.15) is 0 Å². The molecule has 1 aromatic heterocycles. The lowest BCUT2D eigenvalue weighted by molar-refractivity contribution is -0.137. The van der Waals surface area contributed by atoms with Crippen molar-refractivity contribution < 1.29 is 14.7 Å². The fraction of sp³-hybridized carbons (Fsp3) is 0.357. The number of carboxylic acid groups (broad SMARTS) is 1. The van der Waals surface area contributed by atoms with Crippen molar-refractivity contribution in [3.05, 3.63) is 30.6 Å². The summed E-state index contributed by atoms with van der Waals surface area (Å²) in [5.74, 6) is -1.00. The van der Waals surface area contributed by atoms with Gasteiger partial charge in [0.15, 0.2) is 0 Å². The van der Waals surface area contributed by atoms with Gasteiger partial charge in [0.1, 0.15) is 6.54 Å². The van der Waals surface area contributed by atoms with Crippen LogP contribution in [0.5, 0.6) is 0 Å². The molecule has 1 atom stereocenters. The molecule has 0 saturated heterocycles. The third-order valence-electron chi connectivity index (χ3n) is 3.04. The van der Waals surface area contributed by atoms with Crippen molar-refractivity contribution in [1.29, 1.82) is 0 Å². The van der Waals surface area contributed by atoms with E-state index in [-0.39, 0.29) is 24.9 Å². The van der Waals surface area contributed by atoms with Crippen LogP contribution in [0.25, 0.3) is 11.0 Å². The summed E-state index contributed by atoms with van der Waals surface area (Å²) < 4.78 is 1.77. The summed E-state index contributed by atoms with van der Waals surface area (Å²) in [7, 11) is 0. The van der Waals surface area contributed by atoms with Gasteiger partial charge in [0, 0.05) is 12.5 Å². The normalized spacial score (nSPS) is 12.2. The van der Waals surface area contributed by atoms with E-state index in [0.717, 1.165) is 11.0 Å². The maximum atomic E-state index is 11.9. The maximum absolute atomic E-state index is 11.9. The first-order chi connectivity index (χ1) is 9.56. The molecule has 6 heteroatoms. The number of aliphatic carboxylic acids is 1. The number of para-hydroxylation sites is 2. The van der Waals surface area contributed by atoms with Crippen LogP contribution in [0.4, 0.5) is 0 Å². The van der Waals surface area contributed by atoms with Crippen molar-refractivity contribution in [3.63, 3.8) is 0 Å². The zero-order valence-corrected chi connectivity index (χ0v) is 11.2. The molecule has 0 aliphatic rings. The average molecular weight is 275 g/mol. The molecule has 2 rings (SSSR count). The molecule has 2 aromatic rings. The Labute approximate surface area is 116 Å². The minimum Gasteiger partial charge on any atom is -0.481 e. The van der Waals surface area contributed by atoms with Crippen molar-refractivity contribution in [3.8, 4) is 0 Å². The summed E-state index contributed by atoms with van der Waals surface area (Å²) in [6, 6.07) is 7.43. The fourth-order valence-corrected chi connectivity index (χ4v) is 2.02. The summed E-state index contributed by atoms with van der Waals surface area (Å²) in [6.45, 7) is 1.98. The lowest BCUT2D eigenvalue weighted by Crippen LogP contribution is -2.35. The maximum Gasteiger partial charge on any atom is 0.303 e. The minimum absolute atomic E-state index is 0.0510. The first kappa shape index (κ1) is 14.0. The molecule has 1 unspecified atom stereocenters. The molecule has 0 spiro atoms. The summed E-state index contributed by atoms with van der Waals surface area (Å²) >= 11 is 0. The smallest absolute Gasteiger partial charge is 0.303 e. The number of imidazole rings is 1. The quantitative estimate of drug-likeness (QED) is 0.834. The summed E-state index contributed by atoms with van der Waals surface area (Å²) in [4.78, 5) is 26.6. The Hall–Kier alpha value is -2.37. The molecule has 1 heterocycles. The molecule has 0 radical (unpaired) electrons. The highest BCUT2D eigenvalue weighted by molar-refractivity contribution is 5.80. The second-order valence-electron chi connectivity index (χ2n) is 4.76. The number of carbonyl (C=O) groups is 2. The van der Waals surface area contributed by atoms with Crippen molar-refractivity contribution in [2.24, 2.45) is 0 Å². The van der Waals surface area contributed by atoms with E-state index >= 15 is 0 Å². The largest absolute Gasteiger partial charge is 0.481 e. The summed E-state index contributed by atoms with van der Waals surface area (Å²) in [6.07, 6.45) is 2.10. The Morgan fingerprint density at radius 1 is 1.40 bits per heavy atom. The Morgan fingerprint density at radius 3 is 2.90 bits per heavy atom. The van der Waals surface area contributed by atoms with E-state index in [2.05, 4.69) is 10.3 Å². The predicted octanol–water partition coefficient (Wildman–Crippen LogP) is 1.41. The molecule has 1 aromatic carbocycles. The number of hydrogen-bond donors (Lipinski definition) is 2. The van der Waals surface area contributed by atoms with E-state index < -0.39 is 5.97 Å². The Bertz CT molecular complexity index is 621. The van der Waals surface area contributed by atoms with Crippen LogP contribution in [0.1, 0.15) is 19.8 Å². The number of amides is 1. The average Bonchev–Trinajstić information content (AvgIpc) is 2.80. The summed E-state index contributed by atoms with van der Waals surface area (Å²) in [5, 5.41) is 11.4. The Balaban J connectivity index is 1.93. The highest BCUT2D eigenvalue weighted by Gasteiger charge is 2.11. The molecule has 0 aliphatic heterocycles. The minimum atomic E-state index is -0.855. The van der Waals surface area contributed by atoms with Crippen LogP contribution < -0.4 is 5.32 Å².